The van der Waals surface area contributed by atoms with Crippen molar-refractivity contribution >= 4 is 25.9 Å². The van der Waals surface area contributed by atoms with Gasteiger partial charge in [0.25, 0.3) is 0 Å². The van der Waals surface area contributed by atoms with Gasteiger partial charge in [-0.15, -0.1) is 0 Å². The van der Waals surface area contributed by atoms with Gasteiger partial charge in [0.05, 0.1) is 11.9 Å². The van der Waals surface area contributed by atoms with Crippen LogP contribution in [-0.4, -0.2) is 18.1 Å². The maximum Gasteiger partial charge on any atom is 0.0870 e. The van der Waals surface area contributed by atoms with E-state index in [0.717, 1.165) is 0 Å². The molecule has 22 heavy (non-hydrogen) atoms. The summed E-state index contributed by atoms with van der Waals surface area (Å²) in [5.74, 6) is -4.37. The lowest BCUT2D eigenvalue weighted by Gasteiger charge is -2.36. The molecule has 0 aliphatic carbocycles. The van der Waals surface area contributed by atoms with E-state index in [4.69, 9.17) is 54.1 Å². The zero-order valence-corrected chi connectivity index (χ0v) is 14.3. The van der Waals surface area contributed by atoms with Gasteiger partial charge in [-0.1, -0.05) is 0 Å². The second-order valence-electron chi connectivity index (χ2n) is 1.27. The molecule has 0 unspecified atom stereocenters. The number of carbonyl (C=O) groups is 3. The van der Waals surface area contributed by atoms with Crippen molar-refractivity contribution in [1.29, 1.82) is 0 Å². The Kier molecular flexibility index (Phi) is 119. The number of aliphatic carboxylic acids is 2. The molecule has 0 saturated carbocycles. The second kappa shape index (κ2) is 36.4. The van der Waals surface area contributed by atoms with Gasteiger partial charge in [-0.25, -0.2) is 0 Å². The molecule has 0 amide bonds. The van der Waals surface area contributed by atoms with Crippen molar-refractivity contribution in [1.82, 2.24) is 43.1 Å². The van der Waals surface area contributed by atoms with Gasteiger partial charge in [-0.2, -0.15) is 7.82 Å². The largest absolute Gasteiger partial charge is 0.822 e. The monoisotopic (exact) mass is 369 g/mol. The minimum Gasteiger partial charge on any atom is -0.822 e. The van der Waals surface area contributed by atoms with Crippen LogP contribution in [0, 0.1) is 0 Å². The van der Waals surface area contributed by atoms with E-state index >= 15 is 0 Å². The molecule has 0 aromatic carbocycles. The standard InChI is InChI=1S/C2H2O4.CH2O3.7H3N.H3O4P/c3-1(4)2(5)6;2-1(3)4;;;;;;;;1-5(2,3)4/h(H,3,4)(H,5,6);(H2,2,3,4);7*1H3;(H3,1,2,3,4). The molecule has 0 aliphatic rings. The van der Waals surface area contributed by atoms with Crippen molar-refractivity contribution in [2.45, 2.75) is 0 Å². The summed E-state index contributed by atoms with van der Waals surface area (Å²) < 4.78 is 8.55. The van der Waals surface area contributed by atoms with Gasteiger partial charge in [0.15, 0.2) is 0 Å². The van der Waals surface area contributed by atoms with Crippen molar-refractivity contribution in [3.8, 4) is 0 Å². The SMILES string of the molecule is O=C([O-])C(=O)[O-].O=C([O-])[O-].O=P([O-])([O-])[O-].[NH4+].[NH4+].[NH4+].[NH4+].[NH4+].[NH4+].[NH4+]. The fourth-order valence-electron chi connectivity index (χ4n) is 0. The number of carbonyl (C=O) groups excluding carboxylic acids is 3. The molecule has 19 heteroatoms. The van der Waals surface area contributed by atoms with Crippen molar-refractivity contribution in [3.63, 3.8) is 0 Å². The lowest BCUT2D eigenvalue weighted by Crippen LogP contribution is -2.42. The number of hydrogen-bond acceptors (Lipinski definition) is 11. The third kappa shape index (κ3) is 1260. The molecule has 0 bridgehead atoms. The number of quaternary nitrogens is 7. The lowest BCUT2D eigenvalue weighted by molar-refractivity contribution is -0.432. The predicted octanol–water partition coefficient (Wildman–Crippen LogP) is -6.15. The molecule has 0 atom stereocenters. The first-order chi connectivity index (χ1) is 6.37. The molecule has 0 fully saturated rings. The van der Waals surface area contributed by atoms with E-state index in [0.29, 0.717) is 0 Å². The fraction of sp³-hybridized carbons (Fsp3) is 0. The zero-order chi connectivity index (χ0) is 13.2. The van der Waals surface area contributed by atoms with Crippen LogP contribution in [0.15, 0.2) is 0 Å². The van der Waals surface area contributed by atoms with E-state index < -0.39 is 25.9 Å². The summed E-state index contributed by atoms with van der Waals surface area (Å²) in [7, 11) is -5.39. The highest BCUT2D eigenvalue weighted by molar-refractivity contribution is 7.40. The first kappa shape index (κ1) is 72.1. The zero-order valence-electron chi connectivity index (χ0n) is 13.4. The molecule has 0 aromatic heterocycles. The molecule has 0 heterocycles. The molecule has 18 nitrogen and oxygen atoms in total. The average molecular weight is 369 g/mol. The normalized spacial score (nSPS) is 5.77. The molecular formula is C3H28N7O11P. The number of carboxylic acid groups (broad SMARTS) is 4. The van der Waals surface area contributed by atoms with Crippen LogP contribution in [0.3, 0.4) is 0 Å². The number of hydrogen-bond donors (Lipinski definition) is 7. The Labute approximate surface area is 124 Å². The van der Waals surface area contributed by atoms with Crippen LogP contribution >= 0.6 is 7.82 Å². The second-order valence-corrected chi connectivity index (χ2v) is 2.17. The van der Waals surface area contributed by atoms with Crippen molar-refractivity contribution in [2.75, 3.05) is 0 Å². The lowest BCUT2D eigenvalue weighted by atomic mass is 10.7. The average Bonchev–Trinajstić information content (AvgIpc) is 1.80. The third-order valence-corrected chi connectivity index (χ3v) is 0.167. The van der Waals surface area contributed by atoms with Crippen LogP contribution in [-0.2, 0) is 14.2 Å². The van der Waals surface area contributed by atoms with Crippen LogP contribution in [0.1, 0.15) is 0 Å². The summed E-state index contributed by atoms with van der Waals surface area (Å²) in [5.41, 5.74) is 0. The van der Waals surface area contributed by atoms with Crippen LogP contribution in [0.4, 0.5) is 4.79 Å². The number of carboxylic acids is 2. The first-order valence-electron chi connectivity index (χ1n) is 2.41. The minimum atomic E-state index is -5.39. The van der Waals surface area contributed by atoms with Gasteiger partial charge < -0.3 is 97.1 Å². The smallest absolute Gasteiger partial charge is 0.0870 e. The molecule has 28 N–H and O–H groups in total. The van der Waals surface area contributed by atoms with E-state index in [2.05, 4.69) is 0 Å². The van der Waals surface area contributed by atoms with Crippen molar-refractivity contribution < 1.29 is 54.1 Å². The Morgan fingerprint density at radius 3 is 0.591 bits per heavy atom. The quantitative estimate of drug-likeness (QED) is 0.155. The molecule has 0 rings (SSSR count). The van der Waals surface area contributed by atoms with Gasteiger partial charge in [0.1, 0.15) is 0 Å². The summed E-state index contributed by atoms with van der Waals surface area (Å²) in [6.45, 7) is 0. The summed E-state index contributed by atoms with van der Waals surface area (Å²) >= 11 is 0. The summed E-state index contributed by atoms with van der Waals surface area (Å²) in [6, 6.07) is 0. The summed E-state index contributed by atoms with van der Waals surface area (Å²) in [4.78, 5) is 51.8. The fourth-order valence-corrected chi connectivity index (χ4v) is 0. The van der Waals surface area contributed by atoms with Gasteiger partial charge in [-0.3, -0.25) is 0 Å². The molecule has 0 spiro atoms. The van der Waals surface area contributed by atoms with Crippen LogP contribution < -0.4 is 78.2 Å². The molecular weight excluding hydrogens is 341 g/mol. The van der Waals surface area contributed by atoms with Gasteiger partial charge >= 0.3 is 0 Å². The third-order valence-electron chi connectivity index (χ3n) is 0.167. The molecule has 0 aromatic rings. The number of rotatable bonds is 0. The van der Waals surface area contributed by atoms with Crippen molar-refractivity contribution in [2.24, 2.45) is 0 Å². The van der Waals surface area contributed by atoms with E-state index in [9.17, 15) is 0 Å². The highest BCUT2D eigenvalue weighted by Crippen LogP contribution is 2.03. The Bertz CT molecular complexity index is 257. The van der Waals surface area contributed by atoms with Crippen molar-refractivity contribution in [3.05, 3.63) is 0 Å². The Hall–Kier alpha value is -1.96. The van der Waals surface area contributed by atoms with E-state index in [1.54, 1.807) is 0 Å². The van der Waals surface area contributed by atoms with Crippen LogP contribution in [0.2, 0.25) is 0 Å². The Balaban J connectivity index is -0.0000000107. The molecule has 0 saturated heterocycles. The van der Waals surface area contributed by atoms with E-state index in [1.807, 2.05) is 0 Å². The maximum atomic E-state index is 8.93. The van der Waals surface area contributed by atoms with Gasteiger partial charge in [0.2, 0.25) is 0 Å². The Morgan fingerprint density at radius 1 is 0.545 bits per heavy atom. The van der Waals surface area contributed by atoms with E-state index in [1.165, 1.54) is 0 Å². The molecule has 0 radical (unpaired) electrons. The van der Waals surface area contributed by atoms with Crippen LogP contribution in [0.5, 0.6) is 0 Å². The van der Waals surface area contributed by atoms with Gasteiger partial charge in [0, 0.05) is 0 Å². The number of phosphoric acid groups is 1. The molecule has 146 valence electrons. The van der Waals surface area contributed by atoms with Crippen LogP contribution in [0.25, 0.3) is 0 Å². The maximum absolute atomic E-state index is 8.93. The highest BCUT2D eigenvalue weighted by atomic mass is 31.2. The first-order valence-corrected chi connectivity index (χ1v) is 3.87. The molecule has 0 aliphatic heterocycles. The van der Waals surface area contributed by atoms with Gasteiger partial charge in [-0.05, 0) is 6.16 Å². The topological polar surface area (TPSA) is 485 Å². The predicted molar refractivity (Wildman–Crippen MR) is 64.9 cm³/mol. The summed E-state index contributed by atoms with van der Waals surface area (Å²) in [6.07, 6.45) is -2.33. The Morgan fingerprint density at radius 2 is 0.591 bits per heavy atom. The van der Waals surface area contributed by atoms with E-state index in [-0.39, 0.29) is 43.1 Å². The summed E-state index contributed by atoms with van der Waals surface area (Å²) in [5, 5.41) is 34.5. The highest BCUT2D eigenvalue weighted by Gasteiger charge is 1.74. The minimum absolute atomic E-state index is 0.